The number of rotatable bonds is 6. The first-order chi connectivity index (χ1) is 14.9. The number of amides is 1. The number of benzene rings is 1. The fourth-order valence-corrected chi connectivity index (χ4v) is 3.38. The maximum absolute atomic E-state index is 14.7. The second-order valence-electron chi connectivity index (χ2n) is 7.08. The largest absolute Gasteiger partial charge is 0.350 e. The summed E-state index contributed by atoms with van der Waals surface area (Å²) >= 11 is 0. The van der Waals surface area contributed by atoms with Crippen molar-refractivity contribution >= 4 is 34.1 Å². The first kappa shape index (κ1) is 20.3. The molecule has 4 rings (SSSR count). The molecule has 4 aromatic rings. The maximum Gasteiger partial charge on any atom is 0.247 e. The van der Waals surface area contributed by atoms with Crippen molar-refractivity contribution in [2.24, 2.45) is 7.05 Å². The van der Waals surface area contributed by atoms with E-state index in [2.05, 4.69) is 32.3 Å². The fraction of sp³-hybridized carbons (Fsp3) is 0.182. The molecule has 0 unspecified atom stereocenters. The first-order valence-electron chi connectivity index (χ1n) is 9.76. The van der Waals surface area contributed by atoms with Gasteiger partial charge in [-0.15, -0.1) is 0 Å². The van der Waals surface area contributed by atoms with Crippen LogP contribution >= 0.6 is 0 Å². The quantitative estimate of drug-likeness (QED) is 0.458. The molecule has 0 aliphatic heterocycles. The zero-order chi connectivity index (χ0) is 22.1. The lowest BCUT2D eigenvalue weighted by molar-refractivity contribution is -0.111. The van der Waals surface area contributed by atoms with Gasteiger partial charge in [0.2, 0.25) is 11.9 Å². The molecular weight excluding hydrogens is 397 g/mol. The van der Waals surface area contributed by atoms with Crippen LogP contribution in [0.3, 0.4) is 0 Å². The van der Waals surface area contributed by atoms with Gasteiger partial charge in [-0.1, -0.05) is 12.6 Å². The van der Waals surface area contributed by atoms with Gasteiger partial charge in [0.1, 0.15) is 5.69 Å². The van der Waals surface area contributed by atoms with E-state index in [4.69, 9.17) is 0 Å². The summed E-state index contributed by atoms with van der Waals surface area (Å²) in [6, 6.07) is 5.41. The molecule has 0 saturated carbocycles. The third kappa shape index (κ3) is 3.89. The standard InChI is InChI=1S/C22H22FN7O/c1-5-20(31)25-14-7-8-15-16(11-29(4)19(15)9-14)21-17(23)10-24-22(27-21)26-18-12-30(6-2)28-13(18)3/h5,7-12H,1,6H2,2-4H3,(H,25,31)(H,24,26,27). The van der Waals surface area contributed by atoms with Gasteiger partial charge in [0.25, 0.3) is 0 Å². The number of fused-ring (bicyclic) bond motifs is 1. The summed E-state index contributed by atoms with van der Waals surface area (Å²) in [5.74, 6) is -0.543. The van der Waals surface area contributed by atoms with Crippen LogP contribution < -0.4 is 10.6 Å². The summed E-state index contributed by atoms with van der Waals surface area (Å²) in [5, 5.41) is 11.0. The molecule has 0 aliphatic rings. The summed E-state index contributed by atoms with van der Waals surface area (Å²) in [5.41, 5.74) is 3.83. The highest BCUT2D eigenvalue weighted by molar-refractivity contribution is 6.02. The Labute approximate surface area is 178 Å². The van der Waals surface area contributed by atoms with Gasteiger partial charge in [-0.05, 0) is 32.1 Å². The molecule has 0 aliphatic carbocycles. The van der Waals surface area contributed by atoms with Gasteiger partial charge >= 0.3 is 0 Å². The van der Waals surface area contributed by atoms with E-state index in [-0.39, 0.29) is 17.5 Å². The number of carbonyl (C=O) groups is 1. The summed E-state index contributed by atoms with van der Waals surface area (Å²) in [6.45, 7) is 8.07. The molecule has 3 aromatic heterocycles. The number of aromatic nitrogens is 5. The number of nitrogens with zero attached hydrogens (tertiary/aromatic N) is 5. The van der Waals surface area contributed by atoms with E-state index >= 15 is 0 Å². The van der Waals surface area contributed by atoms with Crippen LogP contribution in [0.4, 0.5) is 21.7 Å². The molecule has 1 amide bonds. The third-order valence-electron chi connectivity index (χ3n) is 4.96. The average Bonchev–Trinajstić information content (AvgIpc) is 3.28. The Kier molecular flexibility index (Phi) is 5.24. The molecule has 0 spiro atoms. The smallest absolute Gasteiger partial charge is 0.247 e. The van der Waals surface area contributed by atoms with Gasteiger partial charge < -0.3 is 15.2 Å². The van der Waals surface area contributed by atoms with E-state index in [0.717, 1.165) is 35.0 Å². The van der Waals surface area contributed by atoms with Crippen LogP contribution in [0.1, 0.15) is 12.6 Å². The van der Waals surface area contributed by atoms with Gasteiger partial charge in [0, 0.05) is 42.6 Å². The second-order valence-corrected chi connectivity index (χ2v) is 7.08. The van der Waals surface area contributed by atoms with E-state index in [1.807, 2.05) is 43.8 Å². The van der Waals surface area contributed by atoms with Crippen molar-refractivity contribution in [2.45, 2.75) is 20.4 Å². The monoisotopic (exact) mass is 419 g/mol. The first-order valence-corrected chi connectivity index (χ1v) is 9.76. The van der Waals surface area contributed by atoms with Crippen LogP contribution in [0.2, 0.25) is 0 Å². The molecule has 0 fully saturated rings. The lowest BCUT2D eigenvalue weighted by Gasteiger charge is -2.07. The summed E-state index contributed by atoms with van der Waals surface area (Å²) in [6.07, 6.45) is 6.02. The predicted molar refractivity (Wildman–Crippen MR) is 119 cm³/mol. The van der Waals surface area contributed by atoms with E-state index in [9.17, 15) is 9.18 Å². The molecule has 0 atom stereocenters. The van der Waals surface area contributed by atoms with Crippen LogP contribution in [0.25, 0.3) is 22.2 Å². The minimum Gasteiger partial charge on any atom is -0.350 e. The lowest BCUT2D eigenvalue weighted by Crippen LogP contribution is -2.07. The van der Waals surface area contributed by atoms with Gasteiger partial charge in [0.15, 0.2) is 5.82 Å². The minimum absolute atomic E-state index is 0.187. The van der Waals surface area contributed by atoms with Crippen LogP contribution in [0, 0.1) is 12.7 Å². The predicted octanol–water partition coefficient (Wildman–Crippen LogP) is 4.17. The highest BCUT2D eigenvalue weighted by Gasteiger charge is 2.17. The van der Waals surface area contributed by atoms with E-state index in [0.29, 0.717) is 11.3 Å². The van der Waals surface area contributed by atoms with Gasteiger partial charge in [-0.3, -0.25) is 9.48 Å². The highest BCUT2D eigenvalue weighted by Crippen LogP contribution is 2.33. The average molecular weight is 419 g/mol. The number of hydrogen-bond donors (Lipinski definition) is 2. The molecular formula is C22H22FN7O. The van der Waals surface area contributed by atoms with Crippen molar-refractivity contribution in [1.82, 2.24) is 24.3 Å². The topological polar surface area (TPSA) is 89.7 Å². The Morgan fingerprint density at radius 2 is 2.13 bits per heavy atom. The number of anilines is 3. The summed E-state index contributed by atoms with van der Waals surface area (Å²) < 4.78 is 18.4. The zero-order valence-corrected chi connectivity index (χ0v) is 17.5. The molecule has 1 aromatic carbocycles. The molecule has 3 heterocycles. The number of hydrogen-bond acceptors (Lipinski definition) is 5. The summed E-state index contributed by atoms with van der Waals surface area (Å²) in [7, 11) is 1.85. The Bertz CT molecular complexity index is 1300. The van der Waals surface area contributed by atoms with Crippen molar-refractivity contribution in [3.8, 4) is 11.3 Å². The number of nitrogens with one attached hydrogen (secondary N) is 2. The van der Waals surface area contributed by atoms with Crippen molar-refractivity contribution in [3.63, 3.8) is 0 Å². The molecule has 0 radical (unpaired) electrons. The van der Waals surface area contributed by atoms with Gasteiger partial charge in [-0.25, -0.2) is 14.4 Å². The van der Waals surface area contributed by atoms with Crippen LogP contribution in [0.15, 0.2) is 49.4 Å². The van der Waals surface area contributed by atoms with E-state index < -0.39 is 5.82 Å². The van der Waals surface area contributed by atoms with Gasteiger partial charge in [-0.2, -0.15) is 5.10 Å². The number of aryl methyl sites for hydroxylation is 3. The summed E-state index contributed by atoms with van der Waals surface area (Å²) in [4.78, 5) is 20.1. The lowest BCUT2D eigenvalue weighted by atomic mass is 10.1. The normalized spacial score (nSPS) is 11.0. The molecule has 158 valence electrons. The van der Waals surface area contributed by atoms with Gasteiger partial charge in [0.05, 0.1) is 23.1 Å². The van der Waals surface area contributed by atoms with Crippen molar-refractivity contribution in [1.29, 1.82) is 0 Å². The van der Waals surface area contributed by atoms with Crippen LogP contribution in [-0.4, -0.2) is 30.2 Å². The Hall–Kier alpha value is -4.01. The van der Waals surface area contributed by atoms with E-state index in [1.54, 1.807) is 16.9 Å². The van der Waals surface area contributed by atoms with Crippen molar-refractivity contribution in [3.05, 3.63) is 61.0 Å². The van der Waals surface area contributed by atoms with Crippen molar-refractivity contribution < 1.29 is 9.18 Å². The Morgan fingerprint density at radius 3 is 2.84 bits per heavy atom. The molecule has 2 N–H and O–H groups in total. The molecule has 9 heteroatoms. The fourth-order valence-electron chi connectivity index (χ4n) is 3.38. The van der Waals surface area contributed by atoms with Crippen LogP contribution in [-0.2, 0) is 18.4 Å². The number of halogens is 1. The molecule has 0 saturated heterocycles. The zero-order valence-electron chi connectivity index (χ0n) is 17.5. The van der Waals surface area contributed by atoms with Crippen LogP contribution in [0.5, 0.6) is 0 Å². The molecule has 8 nitrogen and oxygen atoms in total. The molecule has 0 bridgehead atoms. The minimum atomic E-state index is -0.525. The van der Waals surface area contributed by atoms with E-state index in [1.165, 1.54) is 6.08 Å². The maximum atomic E-state index is 14.7. The van der Waals surface area contributed by atoms with Crippen molar-refractivity contribution in [2.75, 3.05) is 10.6 Å². The Morgan fingerprint density at radius 1 is 1.32 bits per heavy atom. The number of carbonyl (C=O) groups excluding carboxylic acids is 1. The second kappa shape index (κ2) is 8.02. The third-order valence-corrected chi connectivity index (χ3v) is 4.96. The SMILES string of the molecule is C=CC(=O)Nc1ccc2c(-c3nc(Nc4cn(CC)nc4C)ncc3F)cn(C)c2c1. The molecule has 31 heavy (non-hydrogen) atoms. The highest BCUT2D eigenvalue weighted by atomic mass is 19.1. The Balaban J connectivity index is 1.73.